The van der Waals surface area contributed by atoms with Gasteiger partial charge in [0, 0.05) is 12.7 Å². The van der Waals surface area contributed by atoms with Crippen LogP contribution in [0.4, 0.5) is 10.6 Å². The van der Waals surface area contributed by atoms with Crippen molar-refractivity contribution in [1.82, 2.24) is 10.3 Å². The number of aromatic nitrogens is 1. The number of amides is 2. The van der Waals surface area contributed by atoms with Crippen molar-refractivity contribution < 1.29 is 9.53 Å². The summed E-state index contributed by atoms with van der Waals surface area (Å²) in [7, 11) is 0. The molecule has 0 aliphatic carbocycles. The van der Waals surface area contributed by atoms with Crippen molar-refractivity contribution in [2.24, 2.45) is 0 Å². The predicted molar refractivity (Wildman–Crippen MR) is 87.8 cm³/mol. The van der Waals surface area contributed by atoms with E-state index in [-0.39, 0.29) is 6.03 Å². The highest BCUT2D eigenvalue weighted by Gasteiger charge is 2.03. The van der Waals surface area contributed by atoms with Gasteiger partial charge < -0.3 is 10.1 Å². The van der Waals surface area contributed by atoms with Gasteiger partial charge in [0.15, 0.2) is 0 Å². The van der Waals surface area contributed by atoms with Crippen molar-refractivity contribution in [3.63, 3.8) is 0 Å². The Morgan fingerprint density at radius 3 is 2.73 bits per heavy atom. The van der Waals surface area contributed by atoms with E-state index in [1.807, 2.05) is 12.1 Å². The summed E-state index contributed by atoms with van der Waals surface area (Å²) in [5, 5.41) is 6.40. The number of urea groups is 1. The van der Waals surface area contributed by atoms with Gasteiger partial charge in [-0.05, 0) is 30.7 Å². The first kappa shape index (κ1) is 16.4. The van der Waals surface area contributed by atoms with E-state index in [4.69, 9.17) is 27.9 Å². The van der Waals surface area contributed by atoms with Crippen molar-refractivity contribution in [3.05, 3.63) is 52.6 Å². The van der Waals surface area contributed by atoms with Crippen LogP contribution in [0.1, 0.15) is 6.42 Å². The lowest BCUT2D eigenvalue weighted by molar-refractivity contribution is 0.250. The van der Waals surface area contributed by atoms with E-state index in [1.165, 1.54) is 6.20 Å². The molecule has 116 valence electrons. The molecule has 5 nitrogen and oxygen atoms in total. The number of para-hydroxylation sites is 1. The van der Waals surface area contributed by atoms with Crippen LogP contribution in [0.2, 0.25) is 10.0 Å². The lowest BCUT2D eigenvalue weighted by atomic mass is 10.3. The highest BCUT2D eigenvalue weighted by molar-refractivity contribution is 6.32. The van der Waals surface area contributed by atoms with Gasteiger partial charge in [-0.25, -0.2) is 9.78 Å². The molecule has 1 heterocycles. The number of benzene rings is 1. The number of anilines is 1. The molecule has 0 aliphatic rings. The molecule has 0 saturated carbocycles. The molecule has 2 amide bonds. The van der Waals surface area contributed by atoms with Gasteiger partial charge in [-0.2, -0.15) is 0 Å². The number of halogens is 2. The molecule has 0 bridgehead atoms. The third kappa shape index (κ3) is 5.42. The number of rotatable bonds is 6. The summed E-state index contributed by atoms with van der Waals surface area (Å²) in [5.74, 6) is 1.08. The van der Waals surface area contributed by atoms with Crippen LogP contribution in [0.5, 0.6) is 5.75 Å². The standard InChI is InChI=1S/C15H15Cl2N3O2/c16-11-6-7-14(19-10-11)20-15(21)18-8-3-9-22-13-5-2-1-4-12(13)17/h1-2,4-7,10H,3,8-9H2,(H2,18,19,20,21). The van der Waals surface area contributed by atoms with E-state index in [0.29, 0.717) is 41.2 Å². The van der Waals surface area contributed by atoms with E-state index in [9.17, 15) is 4.79 Å². The number of carbonyl (C=O) groups excluding carboxylic acids is 1. The highest BCUT2D eigenvalue weighted by Crippen LogP contribution is 2.22. The summed E-state index contributed by atoms with van der Waals surface area (Å²) >= 11 is 11.7. The Hall–Kier alpha value is -1.98. The van der Waals surface area contributed by atoms with E-state index in [2.05, 4.69) is 15.6 Å². The van der Waals surface area contributed by atoms with E-state index < -0.39 is 0 Å². The maximum absolute atomic E-state index is 11.6. The summed E-state index contributed by atoms with van der Waals surface area (Å²) in [6, 6.07) is 10.2. The zero-order chi connectivity index (χ0) is 15.8. The second-order valence-corrected chi connectivity index (χ2v) is 5.22. The van der Waals surface area contributed by atoms with E-state index >= 15 is 0 Å². The monoisotopic (exact) mass is 339 g/mol. The van der Waals surface area contributed by atoms with Gasteiger partial charge >= 0.3 is 6.03 Å². The lowest BCUT2D eigenvalue weighted by Crippen LogP contribution is -2.30. The molecule has 1 aromatic carbocycles. The molecule has 0 unspecified atom stereocenters. The second-order valence-electron chi connectivity index (χ2n) is 4.37. The SMILES string of the molecule is O=C(NCCCOc1ccccc1Cl)Nc1ccc(Cl)cn1. The molecule has 7 heteroatoms. The normalized spacial score (nSPS) is 10.1. The Morgan fingerprint density at radius 1 is 1.18 bits per heavy atom. The molecule has 22 heavy (non-hydrogen) atoms. The number of carbonyl (C=O) groups is 1. The molecule has 0 radical (unpaired) electrons. The molecule has 0 fully saturated rings. The van der Waals surface area contributed by atoms with Gasteiger partial charge in [0.2, 0.25) is 0 Å². The summed E-state index contributed by atoms with van der Waals surface area (Å²) in [4.78, 5) is 15.6. The average molecular weight is 340 g/mol. The molecule has 0 spiro atoms. The molecule has 0 aliphatic heterocycles. The number of hydrogen-bond acceptors (Lipinski definition) is 3. The smallest absolute Gasteiger partial charge is 0.320 e. The third-order valence-electron chi connectivity index (χ3n) is 2.67. The summed E-state index contributed by atoms with van der Waals surface area (Å²) < 4.78 is 5.52. The van der Waals surface area contributed by atoms with Gasteiger partial charge in [0.25, 0.3) is 0 Å². The van der Waals surface area contributed by atoms with Gasteiger partial charge in [-0.1, -0.05) is 35.3 Å². The van der Waals surface area contributed by atoms with Crippen LogP contribution >= 0.6 is 23.2 Å². The number of pyridine rings is 1. The summed E-state index contributed by atoms with van der Waals surface area (Å²) in [6.07, 6.45) is 2.13. The van der Waals surface area contributed by atoms with Crippen molar-refractivity contribution in [2.45, 2.75) is 6.42 Å². The molecular formula is C15H15Cl2N3O2. The second kappa shape index (κ2) is 8.46. The lowest BCUT2D eigenvalue weighted by Gasteiger charge is -2.09. The van der Waals surface area contributed by atoms with Gasteiger partial charge in [0.1, 0.15) is 11.6 Å². The molecule has 1 aromatic heterocycles. The summed E-state index contributed by atoms with van der Waals surface area (Å²) in [6.45, 7) is 0.938. The molecule has 2 N–H and O–H groups in total. The number of hydrogen-bond donors (Lipinski definition) is 2. The first-order chi connectivity index (χ1) is 10.6. The fraction of sp³-hybridized carbons (Fsp3) is 0.200. The zero-order valence-electron chi connectivity index (χ0n) is 11.7. The van der Waals surface area contributed by atoms with Crippen LogP contribution in [0.15, 0.2) is 42.6 Å². The van der Waals surface area contributed by atoms with Crippen molar-refractivity contribution in [2.75, 3.05) is 18.5 Å². The van der Waals surface area contributed by atoms with E-state index in [1.54, 1.807) is 24.3 Å². The Labute approximate surface area is 138 Å². The van der Waals surface area contributed by atoms with Crippen LogP contribution in [-0.4, -0.2) is 24.2 Å². The first-order valence-electron chi connectivity index (χ1n) is 6.69. The van der Waals surface area contributed by atoms with Crippen molar-refractivity contribution in [1.29, 1.82) is 0 Å². The Kier molecular flexibility index (Phi) is 6.30. The molecule has 0 atom stereocenters. The number of ether oxygens (including phenoxy) is 1. The minimum absolute atomic E-state index is 0.326. The maximum atomic E-state index is 11.6. The summed E-state index contributed by atoms with van der Waals surface area (Å²) in [5.41, 5.74) is 0. The fourth-order valence-electron chi connectivity index (χ4n) is 1.63. The highest BCUT2D eigenvalue weighted by atomic mass is 35.5. The number of nitrogens with one attached hydrogen (secondary N) is 2. The van der Waals surface area contributed by atoms with Crippen LogP contribution in [0.25, 0.3) is 0 Å². The quantitative estimate of drug-likeness (QED) is 0.782. The van der Waals surface area contributed by atoms with Crippen LogP contribution in [-0.2, 0) is 0 Å². The van der Waals surface area contributed by atoms with Gasteiger partial charge in [-0.15, -0.1) is 0 Å². The van der Waals surface area contributed by atoms with Gasteiger partial charge in [-0.3, -0.25) is 5.32 Å². The van der Waals surface area contributed by atoms with Crippen molar-refractivity contribution in [3.8, 4) is 5.75 Å². The molecular weight excluding hydrogens is 325 g/mol. The number of nitrogens with zero attached hydrogens (tertiary/aromatic N) is 1. The molecule has 2 rings (SSSR count). The van der Waals surface area contributed by atoms with Crippen LogP contribution < -0.4 is 15.4 Å². The average Bonchev–Trinajstić information content (AvgIpc) is 2.51. The minimum atomic E-state index is -0.326. The van der Waals surface area contributed by atoms with Crippen LogP contribution in [0.3, 0.4) is 0 Å². The Bertz CT molecular complexity index is 620. The van der Waals surface area contributed by atoms with Gasteiger partial charge in [0.05, 0.1) is 16.7 Å². The van der Waals surface area contributed by atoms with Crippen LogP contribution in [0, 0.1) is 0 Å². The zero-order valence-corrected chi connectivity index (χ0v) is 13.2. The first-order valence-corrected chi connectivity index (χ1v) is 7.44. The topological polar surface area (TPSA) is 63.2 Å². The predicted octanol–water partition coefficient (Wildman–Crippen LogP) is 3.98. The molecule has 2 aromatic rings. The minimum Gasteiger partial charge on any atom is -0.492 e. The maximum Gasteiger partial charge on any atom is 0.320 e. The third-order valence-corrected chi connectivity index (χ3v) is 3.21. The fourth-order valence-corrected chi connectivity index (χ4v) is 1.93. The van der Waals surface area contributed by atoms with Crippen molar-refractivity contribution >= 4 is 35.1 Å². The largest absolute Gasteiger partial charge is 0.492 e. The Balaban J connectivity index is 1.63. The molecule has 0 saturated heterocycles. The Morgan fingerprint density at radius 2 is 2.00 bits per heavy atom. The van der Waals surface area contributed by atoms with E-state index in [0.717, 1.165) is 0 Å².